The van der Waals surface area contributed by atoms with Crippen LogP contribution in [0.3, 0.4) is 0 Å². The minimum absolute atomic E-state index is 0. The van der Waals surface area contributed by atoms with E-state index in [0.29, 0.717) is 12.1 Å². The van der Waals surface area contributed by atoms with Crippen molar-refractivity contribution in [3.63, 3.8) is 0 Å². The van der Waals surface area contributed by atoms with E-state index in [0.717, 1.165) is 0 Å². The second kappa shape index (κ2) is 3.24. The minimum atomic E-state index is -0.0625. The summed E-state index contributed by atoms with van der Waals surface area (Å²) in [6.07, 6.45) is 0. The molecule has 0 spiro atoms. The van der Waals surface area contributed by atoms with E-state index >= 15 is 0 Å². The van der Waals surface area contributed by atoms with Crippen LogP contribution in [0.1, 0.15) is 15.3 Å². The molecule has 2 nitrogen and oxygen atoms in total. The van der Waals surface area contributed by atoms with Gasteiger partial charge in [0.1, 0.15) is 0 Å². The first-order valence-corrected chi connectivity index (χ1v) is 2.62. The van der Waals surface area contributed by atoms with Crippen molar-refractivity contribution in [1.82, 2.24) is 5.32 Å². The van der Waals surface area contributed by atoms with Crippen LogP contribution in [0.25, 0.3) is 0 Å². The zero-order chi connectivity index (χ0) is 6.57. The maximum absolute atomic E-state index is 10.5. The van der Waals surface area contributed by atoms with Gasteiger partial charge in [0.25, 0.3) is 0 Å². The summed E-state index contributed by atoms with van der Waals surface area (Å²) in [4.78, 5) is 10.5. The molecule has 8 heavy (non-hydrogen) atoms. The summed E-state index contributed by atoms with van der Waals surface area (Å²) in [7, 11) is 0. The summed E-state index contributed by atoms with van der Waals surface area (Å²) in [5, 5.41) is 2.61. The maximum Gasteiger partial charge on any atom is 0.246 e. The average molecular weight is 115 g/mol. The van der Waals surface area contributed by atoms with Crippen LogP contribution in [0, 0.1) is 0 Å². The summed E-state index contributed by atoms with van der Waals surface area (Å²) in [6.45, 7) is 7.70. The molecule has 2 heteroatoms. The Morgan fingerprint density at radius 3 is 2.50 bits per heavy atom. The highest BCUT2D eigenvalue weighted by Crippen LogP contribution is 1.82. The van der Waals surface area contributed by atoms with Gasteiger partial charge in [0.15, 0.2) is 0 Å². The summed E-state index contributed by atoms with van der Waals surface area (Å²) in [5.74, 6) is -0.0625. The number of nitrogens with one attached hydrogen (secondary N) is 1. The molecular weight excluding hydrogens is 102 g/mol. The van der Waals surface area contributed by atoms with Crippen molar-refractivity contribution in [3.8, 4) is 0 Å². The molecular formula is C6H13NO. The Kier molecular flexibility index (Phi) is 2.92. The Morgan fingerprint density at radius 2 is 2.38 bits per heavy atom. The van der Waals surface area contributed by atoms with Gasteiger partial charge in [-0.3, -0.25) is 4.79 Å². The average Bonchev–Trinajstić information content (AvgIpc) is 1.67. The van der Waals surface area contributed by atoms with Crippen molar-refractivity contribution < 1.29 is 6.22 Å². The first-order valence-electron chi connectivity index (χ1n) is 2.62. The topological polar surface area (TPSA) is 29.1 Å². The second-order valence-electron chi connectivity index (χ2n) is 1.64. The Hall–Kier alpha value is -0.790. The fourth-order valence-electron chi connectivity index (χ4n) is 0.311. The molecule has 0 saturated heterocycles. The van der Waals surface area contributed by atoms with Crippen molar-refractivity contribution >= 4 is 5.91 Å². The molecule has 1 N–H and O–H groups in total. The van der Waals surface area contributed by atoms with Gasteiger partial charge in [-0.2, -0.15) is 0 Å². The summed E-state index contributed by atoms with van der Waals surface area (Å²) in [5.41, 5.74) is 0.562. The first kappa shape index (κ1) is 7.21. The molecule has 0 heterocycles. The van der Waals surface area contributed by atoms with Gasteiger partial charge in [-0.1, -0.05) is 6.58 Å². The molecule has 1 amide bonds. The summed E-state index contributed by atoms with van der Waals surface area (Å²) >= 11 is 0. The van der Waals surface area contributed by atoms with Crippen LogP contribution in [-0.4, -0.2) is 12.5 Å². The number of carbonyl (C=O) groups excluding carboxylic acids is 1. The SMILES string of the molecule is C=C(C)C(=O)NCC.[HH]. The van der Waals surface area contributed by atoms with E-state index in [1.54, 1.807) is 6.92 Å². The number of amides is 1. The minimum Gasteiger partial charge on any atom is -0.353 e. The Labute approximate surface area is 51.1 Å². The van der Waals surface area contributed by atoms with Crippen molar-refractivity contribution in [2.75, 3.05) is 6.54 Å². The van der Waals surface area contributed by atoms with E-state index in [1.165, 1.54) is 0 Å². The Morgan fingerprint density at radius 1 is 1.88 bits per heavy atom. The van der Waals surface area contributed by atoms with E-state index in [9.17, 15) is 4.79 Å². The lowest BCUT2D eigenvalue weighted by molar-refractivity contribution is -0.117. The molecule has 0 atom stereocenters. The van der Waals surface area contributed by atoms with Gasteiger partial charge < -0.3 is 5.32 Å². The van der Waals surface area contributed by atoms with E-state index in [4.69, 9.17) is 0 Å². The first-order chi connectivity index (χ1) is 3.68. The number of likely N-dealkylation sites (N-methyl/N-ethyl adjacent to an activating group) is 1. The molecule has 0 aliphatic heterocycles. The van der Waals surface area contributed by atoms with Crippen molar-refractivity contribution in [3.05, 3.63) is 12.2 Å². The van der Waals surface area contributed by atoms with Crippen LogP contribution in [0.15, 0.2) is 12.2 Å². The molecule has 0 unspecified atom stereocenters. The molecule has 0 fully saturated rings. The van der Waals surface area contributed by atoms with Crippen LogP contribution >= 0.6 is 0 Å². The zero-order valence-corrected chi connectivity index (χ0v) is 5.32. The standard InChI is InChI=1S/C6H11NO.H2/c1-4-7-6(8)5(2)3;/h2,4H2,1,3H3,(H,7,8);1H. The molecule has 0 saturated carbocycles. The third-order valence-electron chi connectivity index (χ3n) is 0.725. The van der Waals surface area contributed by atoms with Gasteiger partial charge in [-0.25, -0.2) is 0 Å². The smallest absolute Gasteiger partial charge is 0.246 e. The quantitative estimate of drug-likeness (QED) is 0.533. The predicted octanol–water partition coefficient (Wildman–Crippen LogP) is 0.945. The van der Waals surface area contributed by atoms with Gasteiger partial charge in [-0.05, 0) is 13.8 Å². The van der Waals surface area contributed by atoms with Gasteiger partial charge in [0, 0.05) is 13.5 Å². The predicted molar refractivity (Wildman–Crippen MR) is 35.6 cm³/mol. The number of hydrogen-bond acceptors (Lipinski definition) is 1. The highest BCUT2D eigenvalue weighted by Gasteiger charge is 1.95. The molecule has 0 aliphatic rings. The molecule has 0 aromatic rings. The Bertz CT molecular complexity index is 112. The van der Waals surface area contributed by atoms with Crippen molar-refractivity contribution in [2.24, 2.45) is 0 Å². The number of carbonyl (C=O) groups is 1. The van der Waals surface area contributed by atoms with Gasteiger partial charge in [0.05, 0.1) is 0 Å². The van der Waals surface area contributed by atoms with Crippen LogP contribution in [-0.2, 0) is 4.79 Å². The summed E-state index contributed by atoms with van der Waals surface area (Å²) in [6, 6.07) is 0. The van der Waals surface area contributed by atoms with Gasteiger partial charge in [-0.15, -0.1) is 0 Å². The van der Waals surface area contributed by atoms with E-state index < -0.39 is 0 Å². The third kappa shape index (κ3) is 2.39. The molecule has 0 rings (SSSR count). The monoisotopic (exact) mass is 115 g/mol. The van der Waals surface area contributed by atoms with Crippen LogP contribution in [0.5, 0.6) is 0 Å². The highest BCUT2D eigenvalue weighted by atomic mass is 16.1. The molecule has 0 bridgehead atoms. The summed E-state index contributed by atoms with van der Waals surface area (Å²) < 4.78 is 0. The van der Waals surface area contributed by atoms with Crippen molar-refractivity contribution in [1.29, 1.82) is 0 Å². The highest BCUT2D eigenvalue weighted by molar-refractivity contribution is 5.91. The lowest BCUT2D eigenvalue weighted by Gasteiger charge is -1.97. The third-order valence-corrected chi connectivity index (χ3v) is 0.725. The molecule has 48 valence electrons. The molecule has 0 aliphatic carbocycles. The molecule has 0 aromatic heterocycles. The lowest BCUT2D eigenvalue weighted by atomic mass is 10.3. The van der Waals surface area contributed by atoms with Crippen LogP contribution in [0.4, 0.5) is 0 Å². The maximum atomic E-state index is 10.5. The van der Waals surface area contributed by atoms with Crippen molar-refractivity contribution in [2.45, 2.75) is 13.8 Å². The molecule has 0 aromatic carbocycles. The fourth-order valence-corrected chi connectivity index (χ4v) is 0.311. The van der Waals surface area contributed by atoms with E-state index in [-0.39, 0.29) is 7.33 Å². The van der Waals surface area contributed by atoms with Crippen LogP contribution < -0.4 is 5.32 Å². The number of hydrogen-bond donors (Lipinski definition) is 1. The Balaban J connectivity index is 0. The van der Waals surface area contributed by atoms with Gasteiger partial charge >= 0.3 is 0 Å². The fraction of sp³-hybridized carbons (Fsp3) is 0.500. The molecule has 0 radical (unpaired) electrons. The van der Waals surface area contributed by atoms with E-state index in [2.05, 4.69) is 11.9 Å². The van der Waals surface area contributed by atoms with Gasteiger partial charge in [0.2, 0.25) is 5.91 Å². The van der Waals surface area contributed by atoms with Crippen LogP contribution in [0.2, 0.25) is 0 Å². The van der Waals surface area contributed by atoms with E-state index in [1.807, 2.05) is 6.92 Å². The normalized spacial score (nSPS) is 8.25. The zero-order valence-electron chi connectivity index (χ0n) is 5.32. The number of rotatable bonds is 2. The lowest BCUT2D eigenvalue weighted by Crippen LogP contribution is -2.22. The second-order valence-corrected chi connectivity index (χ2v) is 1.64. The largest absolute Gasteiger partial charge is 0.353 e.